The molecule has 4 rings (SSSR count). The summed E-state index contributed by atoms with van der Waals surface area (Å²) in [6.07, 6.45) is 7.63. The lowest BCUT2D eigenvalue weighted by Gasteiger charge is -2.26. The van der Waals surface area contributed by atoms with E-state index in [-0.39, 0.29) is 22.9 Å². The third-order valence-corrected chi connectivity index (χ3v) is 10.5. The van der Waals surface area contributed by atoms with E-state index in [1.165, 1.54) is 32.1 Å². The van der Waals surface area contributed by atoms with E-state index in [9.17, 15) is 13.2 Å². The molecule has 2 heterocycles. The minimum Gasteiger partial charge on any atom is -0.348 e. The normalized spacial score (nSPS) is 22.0. The number of nitrogens with one attached hydrogen (secondary N) is 2. The maximum atomic E-state index is 13.3. The van der Waals surface area contributed by atoms with E-state index in [4.69, 9.17) is 5.10 Å². The molecule has 2 fully saturated rings. The molecule has 1 aliphatic heterocycles. The Bertz CT molecular complexity index is 1210. The first-order valence-corrected chi connectivity index (χ1v) is 17.0. The number of hydrogen-bond donors (Lipinski definition) is 2. The highest BCUT2D eigenvalue weighted by Gasteiger charge is 2.27. The predicted molar refractivity (Wildman–Crippen MR) is 161 cm³/mol. The fourth-order valence-electron chi connectivity index (χ4n) is 5.48. The summed E-state index contributed by atoms with van der Waals surface area (Å²) in [7, 11) is -2.12. The largest absolute Gasteiger partial charge is 0.348 e. The summed E-state index contributed by atoms with van der Waals surface area (Å²) in [6.45, 7) is 13.2. The minimum absolute atomic E-state index is 0.0409. The van der Waals surface area contributed by atoms with Crippen LogP contribution in [0.4, 0.5) is 0 Å². The molecule has 1 aromatic carbocycles. The molecule has 216 valence electrons. The number of carbonyl (C=O) groups excluding carboxylic acids is 1. The average molecular weight is 575 g/mol. The smallest absolute Gasteiger partial charge is 0.272 e. The Labute approximate surface area is 239 Å². The number of hydrogen-bond acceptors (Lipinski definition) is 4. The number of nitrogens with zero attached hydrogens (tertiary/aromatic N) is 2. The summed E-state index contributed by atoms with van der Waals surface area (Å²) in [5.41, 5.74) is 2.82. The van der Waals surface area contributed by atoms with Crippen LogP contribution in [0.2, 0.25) is 0 Å². The fraction of sp³-hybridized carbons (Fsp3) is 0.667. The van der Waals surface area contributed by atoms with Crippen molar-refractivity contribution >= 4 is 27.7 Å². The number of amides is 1. The van der Waals surface area contributed by atoms with Crippen LogP contribution in [0.1, 0.15) is 103 Å². The molecule has 2 N–H and O–H groups in total. The second-order valence-corrected chi connectivity index (χ2v) is 16.2. The van der Waals surface area contributed by atoms with Gasteiger partial charge >= 0.3 is 0 Å². The van der Waals surface area contributed by atoms with Gasteiger partial charge < -0.3 is 5.32 Å². The molecule has 2 aromatic rings. The molecule has 0 radical (unpaired) electrons. The molecule has 39 heavy (non-hydrogen) atoms. The molecule has 1 saturated heterocycles. The van der Waals surface area contributed by atoms with Gasteiger partial charge in [0, 0.05) is 46.0 Å². The van der Waals surface area contributed by atoms with Crippen molar-refractivity contribution in [2.75, 3.05) is 11.5 Å². The van der Waals surface area contributed by atoms with E-state index in [0.717, 1.165) is 41.1 Å². The second-order valence-electron chi connectivity index (χ2n) is 13.3. The van der Waals surface area contributed by atoms with Crippen molar-refractivity contribution in [3.63, 3.8) is 0 Å². The van der Waals surface area contributed by atoms with Gasteiger partial charge in [0.2, 0.25) is 0 Å². The standard InChI is InChI=1S/C30H46N4O3S2/c1-29(2,3)24-18-22(12-13-27(24)39(37)33-30(4,5)6)26-19-25(28(35)31-23-14-16-38(36)17-15-23)32-34(26)20-21-10-8-7-9-11-21/h12-13,18-19,21,23,33H,7-11,14-17,20H2,1-6H3,(H,31,35). The maximum absolute atomic E-state index is 13.3. The molecular weight excluding hydrogens is 528 g/mol. The van der Waals surface area contributed by atoms with Crippen LogP contribution in [-0.4, -0.2) is 47.2 Å². The summed E-state index contributed by atoms with van der Waals surface area (Å²) < 4.78 is 30.3. The van der Waals surface area contributed by atoms with Crippen molar-refractivity contribution < 1.29 is 13.2 Å². The zero-order chi connectivity index (χ0) is 28.4. The number of carbonyl (C=O) groups is 1. The van der Waals surface area contributed by atoms with Gasteiger partial charge in [0.25, 0.3) is 5.91 Å². The van der Waals surface area contributed by atoms with Crippen LogP contribution in [0.5, 0.6) is 0 Å². The Balaban J connectivity index is 1.69. The molecule has 2 aliphatic rings. The first kappa shape index (κ1) is 30.1. The van der Waals surface area contributed by atoms with Gasteiger partial charge in [-0.3, -0.25) is 13.7 Å². The highest BCUT2D eigenvalue weighted by Crippen LogP contribution is 2.34. The van der Waals surface area contributed by atoms with Crippen LogP contribution in [0.15, 0.2) is 29.2 Å². The van der Waals surface area contributed by atoms with Crippen molar-refractivity contribution in [2.24, 2.45) is 5.92 Å². The van der Waals surface area contributed by atoms with Gasteiger partial charge in [-0.05, 0) is 81.5 Å². The van der Waals surface area contributed by atoms with Crippen LogP contribution in [0, 0.1) is 5.92 Å². The van der Waals surface area contributed by atoms with E-state index in [0.29, 0.717) is 23.1 Å². The summed E-state index contributed by atoms with van der Waals surface area (Å²) in [5, 5.41) is 7.97. The number of aromatic nitrogens is 2. The van der Waals surface area contributed by atoms with Gasteiger partial charge in [-0.2, -0.15) is 5.10 Å². The third kappa shape index (κ3) is 8.10. The SMILES string of the molecule is CC(C)(C)NS(=O)c1ccc(-c2cc(C(=O)NC3CCS(=O)CC3)nn2CC2CCCCC2)cc1C(C)(C)C. The average Bonchev–Trinajstić information content (AvgIpc) is 3.28. The highest BCUT2D eigenvalue weighted by molar-refractivity contribution is 7.85. The lowest BCUT2D eigenvalue weighted by molar-refractivity contribution is 0.0928. The van der Waals surface area contributed by atoms with Crippen molar-refractivity contribution in [1.29, 1.82) is 0 Å². The van der Waals surface area contributed by atoms with Crippen molar-refractivity contribution in [3.05, 3.63) is 35.5 Å². The predicted octanol–water partition coefficient (Wildman–Crippen LogP) is 5.48. The fourth-order valence-corrected chi connectivity index (χ4v) is 8.20. The van der Waals surface area contributed by atoms with Crippen LogP contribution < -0.4 is 10.0 Å². The van der Waals surface area contributed by atoms with E-state index in [1.807, 2.05) is 43.7 Å². The lowest BCUT2D eigenvalue weighted by atomic mass is 9.85. The highest BCUT2D eigenvalue weighted by atomic mass is 32.2. The Hall–Kier alpha value is -1.84. The quantitative estimate of drug-likeness (QED) is 0.458. The summed E-state index contributed by atoms with van der Waals surface area (Å²) in [6, 6.07) is 8.05. The van der Waals surface area contributed by atoms with E-state index in [2.05, 4.69) is 36.9 Å². The molecule has 1 atom stereocenters. The van der Waals surface area contributed by atoms with Crippen LogP contribution in [0.3, 0.4) is 0 Å². The number of benzene rings is 1. The van der Waals surface area contributed by atoms with Gasteiger partial charge in [0.05, 0.1) is 10.6 Å². The topological polar surface area (TPSA) is 93.1 Å². The second kappa shape index (κ2) is 12.4. The molecule has 1 unspecified atom stereocenters. The first-order chi connectivity index (χ1) is 18.3. The molecule has 9 heteroatoms. The molecular formula is C30H46N4O3S2. The summed E-state index contributed by atoms with van der Waals surface area (Å²) >= 11 is 0. The molecule has 0 bridgehead atoms. The maximum Gasteiger partial charge on any atom is 0.272 e. The zero-order valence-corrected chi connectivity index (χ0v) is 26.1. The Morgan fingerprint density at radius 1 is 1.03 bits per heavy atom. The van der Waals surface area contributed by atoms with Gasteiger partial charge in [-0.1, -0.05) is 46.1 Å². The van der Waals surface area contributed by atoms with Crippen molar-refractivity contribution in [2.45, 2.75) is 115 Å². The van der Waals surface area contributed by atoms with Gasteiger partial charge in [0.15, 0.2) is 5.69 Å². The third-order valence-electron chi connectivity index (χ3n) is 7.57. The molecule has 7 nitrogen and oxygen atoms in total. The molecule has 1 saturated carbocycles. The molecule has 1 aliphatic carbocycles. The Kier molecular flexibility index (Phi) is 9.54. The Morgan fingerprint density at radius 3 is 2.31 bits per heavy atom. The van der Waals surface area contributed by atoms with Crippen LogP contribution >= 0.6 is 0 Å². The van der Waals surface area contributed by atoms with Gasteiger partial charge in [0.1, 0.15) is 11.0 Å². The Morgan fingerprint density at radius 2 is 1.69 bits per heavy atom. The van der Waals surface area contributed by atoms with Crippen molar-refractivity contribution in [3.8, 4) is 11.3 Å². The molecule has 0 spiro atoms. The first-order valence-electron chi connectivity index (χ1n) is 14.4. The molecule has 1 amide bonds. The van der Waals surface area contributed by atoms with Gasteiger partial charge in [-0.15, -0.1) is 0 Å². The van der Waals surface area contributed by atoms with E-state index >= 15 is 0 Å². The number of rotatable bonds is 7. The monoisotopic (exact) mass is 574 g/mol. The van der Waals surface area contributed by atoms with Crippen LogP contribution in [-0.2, 0) is 33.7 Å². The summed E-state index contributed by atoms with van der Waals surface area (Å²) in [5.74, 6) is 1.66. The van der Waals surface area contributed by atoms with E-state index in [1.54, 1.807) is 0 Å². The van der Waals surface area contributed by atoms with E-state index < -0.39 is 21.8 Å². The minimum atomic E-state index is -1.35. The molecule has 1 aromatic heterocycles. The van der Waals surface area contributed by atoms with Crippen molar-refractivity contribution in [1.82, 2.24) is 19.8 Å². The summed E-state index contributed by atoms with van der Waals surface area (Å²) in [4.78, 5) is 14.1. The van der Waals surface area contributed by atoms with Crippen LogP contribution in [0.25, 0.3) is 11.3 Å². The zero-order valence-electron chi connectivity index (χ0n) is 24.5. The van der Waals surface area contributed by atoms with Gasteiger partial charge in [-0.25, -0.2) is 8.93 Å². The lowest BCUT2D eigenvalue weighted by Crippen LogP contribution is -2.39.